The van der Waals surface area contributed by atoms with Crippen LogP contribution in [0.1, 0.15) is 50.0 Å². The van der Waals surface area contributed by atoms with Crippen molar-refractivity contribution in [3.8, 4) is 5.75 Å². The van der Waals surface area contributed by atoms with Gasteiger partial charge in [-0.05, 0) is 31.7 Å². The van der Waals surface area contributed by atoms with Crippen LogP contribution in [0.15, 0.2) is 28.2 Å². The van der Waals surface area contributed by atoms with Crippen molar-refractivity contribution >= 4 is 29.8 Å². The molecule has 8 N–H and O–H groups in total. The summed E-state index contributed by atoms with van der Waals surface area (Å²) in [5, 5.41) is 29.2. The number of carbonyl (C=O) groups is 3. The summed E-state index contributed by atoms with van der Waals surface area (Å²) < 4.78 is 5.89. The maximum atomic E-state index is 13.6. The maximum Gasteiger partial charge on any atom is 0.327 e. The number of carbonyl (C=O) groups excluding carboxylic acids is 3. The Kier molecular flexibility index (Phi) is 6.14. The molecule has 5 heterocycles. The minimum Gasteiger partial charge on any atom is -0.492 e. The standard InChI is InChI=1S/C27H37N9O6/c1-13(2)34-12-18(37)35(24(34)39)10-16-20-26(33-22(28)32-20)27(40,41)17(11-36(26)23(29)30-16)31-21(38)14-6-5-7-15-19(14)42-9-8-25(15,3)4/h5-7,13,16-17,20,40-41H,8-12H2,1-4H3,(H2,29,30)(H,31,38)(H3,28,32,33)/t16-,17?,20?,26?/m0/s1. The predicted molar refractivity (Wildman–Crippen MR) is 150 cm³/mol. The average Bonchev–Trinajstić information content (AvgIpc) is 3.49. The smallest absolute Gasteiger partial charge is 0.327 e. The highest BCUT2D eigenvalue weighted by atomic mass is 16.5. The van der Waals surface area contributed by atoms with E-state index in [1.807, 2.05) is 6.07 Å². The van der Waals surface area contributed by atoms with E-state index in [1.54, 1.807) is 26.0 Å². The first kappa shape index (κ1) is 28.0. The second-order valence-electron chi connectivity index (χ2n) is 12.4. The zero-order chi connectivity index (χ0) is 30.4. The van der Waals surface area contributed by atoms with E-state index in [9.17, 15) is 24.6 Å². The van der Waals surface area contributed by atoms with Crippen LogP contribution < -0.4 is 26.8 Å². The zero-order valence-electron chi connectivity index (χ0n) is 24.0. The molecule has 15 heteroatoms. The third-order valence-electron chi connectivity index (χ3n) is 9.15. The molecule has 42 heavy (non-hydrogen) atoms. The summed E-state index contributed by atoms with van der Waals surface area (Å²) in [5.41, 5.74) is 11.6. The molecule has 2 saturated heterocycles. The van der Waals surface area contributed by atoms with Crippen LogP contribution in [0, 0.1) is 0 Å². The van der Waals surface area contributed by atoms with Crippen LogP contribution in [-0.2, 0) is 10.2 Å². The second-order valence-corrected chi connectivity index (χ2v) is 12.4. The Hall–Kier alpha value is -4.11. The summed E-state index contributed by atoms with van der Waals surface area (Å²) in [7, 11) is 0. The summed E-state index contributed by atoms with van der Waals surface area (Å²) >= 11 is 0. The highest BCUT2D eigenvalue weighted by Crippen LogP contribution is 2.45. The molecule has 1 spiro atoms. The van der Waals surface area contributed by atoms with Gasteiger partial charge in [-0.2, -0.15) is 0 Å². The van der Waals surface area contributed by atoms with E-state index in [2.05, 4.69) is 34.5 Å². The van der Waals surface area contributed by atoms with E-state index in [1.165, 1.54) is 9.80 Å². The van der Waals surface area contributed by atoms with Gasteiger partial charge in [-0.15, -0.1) is 0 Å². The first-order valence-electron chi connectivity index (χ1n) is 14.0. The number of imide groups is 1. The Balaban J connectivity index is 1.30. The van der Waals surface area contributed by atoms with E-state index >= 15 is 0 Å². The van der Waals surface area contributed by atoms with Crippen molar-refractivity contribution in [2.45, 2.75) is 75.1 Å². The van der Waals surface area contributed by atoms with Gasteiger partial charge in [-0.3, -0.25) is 14.5 Å². The molecule has 5 aliphatic heterocycles. The monoisotopic (exact) mass is 583 g/mol. The lowest BCUT2D eigenvalue weighted by atomic mass is 9.79. The summed E-state index contributed by atoms with van der Waals surface area (Å²) in [6.45, 7) is 7.80. The molecule has 15 nitrogen and oxygen atoms in total. The van der Waals surface area contributed by atoms with E-state index in [0.717, 1.165) is 16.9 Å². The second kappa shape index (κ2) is 9.19. The number of nitrogens with zero attached hydrogens (tertiary/aromatic N) is 5. The number of fused-ring (bicyclic) bond motifs is 1. The summed E-state index contributed by atoms with van der Waals surface area (Å²) in [6.07, 6.45) is 0.792. The number of hydrogen-bond donors (Lipinski definition) is 6. The van der Waals surface area contributed by atoms with Gasteiger partial charge in [0.15, 0.2) is 17.6 Å². The molecule has 0 saturated carbocycles. The Morgan fingerprint density at radius 2 is 1.98 bits per heavy atom. The first-order valence-corrected chi connectivity index (χ1v) is 14.0. The lowest BCUT2D eigenvalue weighted by molar-refractivity contribution is -0.230. The fourth-order valence-electron chi connectivity index (χ4n) is 6.75. The number of benzene rings is 1. The van der Waals surface area contributed by atoms with E-state index in [-0.39, 0.29) is 48.6 Å². The quantitative estimate of drug-likeness (QED) is 0.169. The molecule has 0 aliphatic carbocycles. The van der Waals surface area contributed by atoms with Crippen LogP contribution in [0.2, 0.25) is 0 Å². The van der Waals surface area contributed by atoms with E-state index in [0.29, 0.717) is 12.4 Å². The molecular weight excluding hydrogens is 546 g/mol. The van der Waals surface area contributed by atoms with Gasteiger partial charge in [0, 0.05) is 18.2 Å². The highest BCUT2D eigenvalue weighted by molar-refractivity contribution is 6.02. The number of aliphatic imine (C=N–C) groups is 2. The number of nitrogens with one attached hydrogen (secondary N) is 2. The van der Waals surface area contributed by atoms with Gasteiger partial charge in [0.25, 0.3) is 5.91 Å². The Morgan fingerprint density at radius 1 is 1.24 bits per heavy atom. The van der Waals surface area contributed by atoms with Gasteiger partial charge >= 0.3 is 6.03 Å². The number of ether oxygens (including phenoxy) is 1. The summed E-state index contributed by atoms with van der Waals surface area (Å²) in [5.74, 6) is -3.36. The molecule has 4 atom stereocenters. The molecule has 0 bridgehead atoms. The molecule has 0 aromatic heterocycles. The minimum atomic E-state index is -2.67. The van der Waals surface area contributed by atoms with Gasteiger partial charge in [-0.1, -0.05) is 26.0 Å². The van der Waals surface area contributed by atoms with Crippen molar-refractivity contribution in [3.63, 3.8) is 0 Å². The molecule has 6 rings (SSSR count). The first-order chi connectivity index (χ1) is 19.7. The number of para-hydroxylation sites is 1. The number of hydrogen-bond acceptors (Lipinski definition) is 12. The van der Waals surface area contributed by atoms with Gasteiger partial charge in [0.2, 0.25) is 11.7 Å². The fourth-order valence-corrected chi connectivity index (χ4v) is 6.75. The highest BCUT2D eigenvalue weighted by Gasteiger charge is 2.73. The van der Waals surface area contributed by atoms with Crippen LogP contribution in [0.3, 0.4) is 0 Å². The number of rotatable bonds is 5. The minimum absolute atomic E-state index is 0.0733. The predicted octanol–water partition coefficient (Wildman–Crippen LogP) is -1.81. The van der Waals surface area contributed by atoms with Crippen LogP contribution in [0.4, 0.5) is 4.79 Å². The third kappa shape index (κ3) is 3.82. The number of amides is 4. The van der Waals surface area contributed by atoms with Crippen molar-refractivity contribution < 1.29 is 29.3 Å². The molecule has 0 radical (unpaired) electrons. The molecule has 1 aromatic rings. The summed E-state index contributed by atoms with van der Waals surface area (Å²) in [6, 6.07) is 1.37. The number of guanidine groups is 2. The molecule has 226 valence electrons. The van der Waals surface area contributed by atoms with Gasteiger partial charge < -0.3 is 46.9 Å². The lowest BCUT2D eigenvalue weighted by Gasteiger charge is -2.49. The van der Waals surface area contributed by atoms with Crippen molar-refractivity contribution in [3.05, 3.63) is 29.3 Å². The van der Waals surface area contributed by atoms with Crippen molar-refractivity contribution in [1.82, 2.24) is 25.3 Å². The van der Waals surface area contributed by atoms with Crippen molar-refractivity contribution in [1.29, 1.82) is 0 Å². The Morgan fingerprint density at radius 3 is 2.67 bits per heavy atom. The van der Waals surface area contributed by atoms with Crippen molar-refractivity contribution in [2.24, 2.45) is 21.5 Å². The Labute approximate surface area is 242 Å². The molecular formula is C27H37N9O6. The molecule has 4 amide bonds. The van der Waals surface area contributed by atoms with Crippen LogP contribution in [0.25, 0.3) is 0 Å². The normalized spacial score (nSPS) is 30.7. The van der Waals surface area contributed by atoms with Gasteiger partial charge in [0.1, 0.15) is 24.4 Å². The third-order valence-corrected chi connectivity index (χ3v) is 9.15. The fraction of sp³-hybridized carbons (Fsp3) is 0.593. The topological polar surface area (TPSA) is 211 Å². The Bertz CT molecular complexity index is 1420. The summed E-state index contributed by atoms with van der Waals surface area (Å²) in [4.78, 5) is 52.2. The number of urea groups is 1. The average molecular weight is 584 g/mol. The van der Waals surface area contributed by atoms with Crippen LogP contribution in [0.5, 0.6) is 5.75 Å². The SMILES string of the molecule is CC(C)N1CC(=O)N(C[C@@H]2N=C(N)N3CC(NC(=O)c4cccc5c4OCCC5(C)C)C(O)(O)C34NC(N)=NC24)C1=O. The van der Waals surface area contributed by atoms with Crippen LogP contribution >= 0.6 is 0 Å². The zero-order valence-corrected chi connectivity index (χ0v) is 24.0. The number of nitrogens with two attached hydrogens (primary N) is 2. The van der Waals surface area contributed by atoms with E-state index < -0.39 is 47.4 Å². The number of aliphatic hydroxyl groups is 2. The molecule has 2 fully saturated rings. The molecule has 5 aliphatic rings. The van der Waals surface area contributed by atoms with Gasteiger partial charge in [-0.25, -0.2) is 14.8 Å². The van der Waals surface area contributed by atoms with Gasteiger partial charge in [0.05, 0.1) is 24.8 Å². The van der Waals surface area contributed by atoms with Crippen LogP contribution in [-0.4, -0.2) is 117 Å². The van der Waals surface area contributed by atoms with E-state index in [4.69, 9.17) is 16.2 Å². The molecule has 1 aromatic carbocycles. The largest absolute Gasteiger partial charge is 0.492 e. The maximum absolute atomic E-state index is 13.6. The lowest BCUT2D eigenvalue weighted by Crippen LogP contribution is -2.78. The molecule has 3 unspecified atom stereocenters. The van der Waals surface area contributed by atoms with Crippen molar-refractivity contribution in [2.75, 3.05) is 26.2 Å².